The summed E-state index contributed by atoms with van der Waals surface area (Å²) in [5.41, 5.74) is -0.313. The third-order valence-electron chi connectivity index (χ3n) is 6.57. The summed E-state index contributed by atoms with van der Waals surface area (Å²) in [6.07, 6.45) is 5.29. The van der Waals surface area contributed by atoms with Crippen molar-refractivity contribution in [2.75, 3.05) is 4.90 Å². The highest BCUT2D eigenvalue weighted by Gasteiger charge is 2.49. The first-order valence-corrected chi connectivity index (χ1v) is 12.3. The quantitative estimate of drug-likeness (QED) is 0.670. The van der Waals surface area contributed by atoms with Crippen LogP contribution < -0.4 is 10.0 Å². The molecule has 9 heteroatoms. The second-order valence-corrected chi connectivity index (χ2v) is 10.6. The molecule has 1 saturated heterocycles. The molecule has 1 atom stereocenters. The lowest BCUT2D eigenvalue weighted by Gasteiger charge is -2.43. The van der Waals surface area contributed by atoms with Crippen molar-refractivity contribution in [3.8, 4) is 0 Å². The van der Waals surface area contributed by atoms with Gasteiger partial charge in [-0.2, -0.15) is 0 Å². The minimum Gasteiger partial charge on any atom is -0.325 e. The van der Waals surface area contributed by atoms with Gasteiger partial charge in [0.25, 0.3) is 5.91 Å². The lowest BCUT2D eigenvalue weighted by Crippen LogP contribution is -2.57. The summed E-state index contributed by atoms with van der Waals surface area (Å²) in [4.78, 5) is 42.3. The number of carbonyl (C=O) groups excluding carboxylic acids is 3. The Balaban J connectivity index is 1.92. The van der Waals surface area contributed by atoms with E-state index >= 15 is 0 Å². The number of hydrogen-bond acceptors (Lipinski definition) is 5. The van der Waals surface area contributed by atoms with Gasteiger partial charge < -0.3 is 4.90 Å². The van der Waals surface area contributed by atoms with E-state index in [0.717, 1.165) is 37.0 Å². The van der Waals surface area contributed by atoms with E-state index in [4.69, 9.17) is 5.14 Å². The van der Waals surface area contributed by atoms with E-state index in [2.05, 4.69) is 0 Å². The van der Waals surface area contributed by atoms with Crippen LogP contribution >= 0.6 is 0 Å². The fraction of sp³-hybridized carbons (Fsp3) is 0.591. The van der Waals surface area contributed by atoms with Crippen molar-refractivity contribution in [2.24, 2.45) is 11.1 Å². The zero-order chi connectivity index (χ0) is 23.0. The van der Waals surface area contributed by atoms with Crippen LogP contribution in [-0.2, 0) is 24.4 Å². The monoisotopic (exact) mass is 449 g/mol. The highest BCUT2D eigenvalue weighted by Crippen LogP contribution is 2.35. The lowest BCUT2D eigenvalue weighted by atomic mass is 9.85. The molecular formula is C22H31N3O5S. The summed E-state index contributed by atoms with van der Waals surface area (Å²) in [6, 6.07) is 4.43. The summed E-state index contributed by atoms with van der Waals surface area (Å²) in [5, 5.41) is 5.12. The molecule has 1 unspecified atom stereocenters. The maximum absolute atomic E-state index is 13.5. The minimum atomic E-state index is -3.88. The number of amides is 3. The molecule has 3 rings (SSSR count). The molecule has 0 spiro atoms. The Morgan fingerprint density at radius 2 is 1.71 bits per heavy atom. The number of benzene rings is 1. The van der Waals surface area contributed by atoms with Gasteiger partial charge in [-0.3, -0.25) is 14.4 Å². The topological polar surface area (TPSA) is 118 Å². The first kappa shape index (κ1) is 23.4. The van der Waals surface area contributed by atoms with Gasteiger partial charge in [-0.1, -0.05) is 26.2 Å². The van der Waals surface area contributed by atoms with Crippen molar-refractivity contribution < 1.29 is 22.8 Å². The summed E-state index contributed by atoms with van der Waals surface area (Å²) in [6.45, 7) is 5.82. The number of anilines is 1. The highest BCUT2D eigenvalue weighted by molar-refractivity contribution is 7.89. The Morgan fingerprint density at radius 3 is 2.23 bits per heavy atom. The number of nitrogens with two attached hydrogens (primary N) is 1. The molecule has 1 saturated carbocycles. The number of carbonyl (C=O) groups is 3. The van der Waals surface area contributed by atoms with Crippen LogP contribution in [0.25, 0.3) is 0 Å². The molecule has 3 amide bonds. The Hall–Kier alpha value is -2.26. The van der Waals surface area contributed by atoms with Gasteiger partial charge in [0.05, 0.1) is 17.0 Å². The summed E-state index contributed by atoms with van der Waals surface area (Å²) in [7, 11) is -3.88. The van der Waals surface area contributed by atoms with Crippen LogP contribution in [0, 0.1) is 5.92 Å². The van der Waals surface area contributed by atoms with Crippen LogP contribution in [0.15, 0.2) is 29.2 Å². The molecule has 1 aromatic rings. The Labute approximate surface area is 183 Å². The SMILES string of the molecule is CCC(C)(C)N(C(=O)C1CCCCC1)C1CC(=O)N(c2ccc(S(N)(=O)=O)cc2)C1=O. The largest absolute Gasteiger partial charge is 0.325 e. The van der Waals surface area contributed by atoms with Gasteiger partial charge in [-0.15, -0.1) is 0 Å². The van der Waals surface area contributed by atoms with Gasteiger partial charge in [0.1, 0.15) is 6.04 Å². The average molecular weight is 450 g/mol. The average Bonchev–Trinajstić information content (AvgIpc) is 3.01. The molecule has 1 aliphatic heterocycles. The Bertz CT molecular complexity index is 965. The number of hydrogen-bond donors (Lipinski definition) is 1. The lowest BCUT2D eigenvalue weighted by molar-refractivity contribution is -0.149. The molecule has 1 heterocycles. The molecule has 8 nitrogen and oxygen atoms in total. The second kappa shape index (κ2) is 8.70. The first-order chi connectivity index (χ1) is 14.5. The van der Waals surface area contributed by atoms with Crippen LogP contribution in [-0.4, -0.2) is 42.6 Å². The fourth-order valence-corrected chi connectivity index (χ4v) is 4.98. The van der Waals surface area contributed by atoms with Crippen molar-refractivity contribution in [3.63, 3.8) is 0 Å². The van der Waals surface area contributed by atoms with E-state index in [1.807, 2.05) is 20.8 Å². The number of rotatable bonds is 6. The zero-order valence-electron chi connectivity index (χ0n) is 18.3. The maximum atomic E-state index is 13.5. The van der Waals surface area contributed by atoms with Crippen LogP contribution in [0.2, 0.25) is 0 Å². The molecule has 1 aromatic carbocycles. The van der Waals surface area contributed by atoms with Crippen molar-refractivity contribution in [1.29, 1.82) is 0 Å². The molecule has 2 aliphatic rings. The fourth-order valence-electron chi connectivity index (χ4n) is 4.46. The Morgan fingerprint density at radius 1 is 1.13 bits per heavy atom. The third kappa shape index (κ3) is 4.67. The van der Waals surface area contributed by atoms with Crippen LogP contribution in [0.3, 0.4) is 0 Å². The predicted molar refractivity (Wildman–Crippen MR) is 117 cm³/mol. The predicted octanol–water partition coefficient (Wildman–Crippen LogP) is 2.56. The van der Waals surface area contributed by atoms with E-state index in [1.54, 1.807) is 4.90 Å². The molecule has 0 radical (unpaired) electrons. The van der Waals surface area contributed by atoms with Crippen molar-refractivity contribution in [1.82, 2.24) is 4.90 Å². The summed E-state index contributed by atoms with van der Waals surface area (Å²) in [5.74, 6) is -1.04. The summed E-state index contributed by atoms with van der Waals surface area (Å²) >= 11 is 0. The second-order valence-electron chi connectivity index (χ2n) is 9.04. The van der Waals surface area contributed by atoms with Gasteiger partial charge in [-0.05, 0) is 57.4 Å². The highest BCUT2D eigenvalue weighted by atomic mass is 32.2. The van der Waals surface area contributed by atoms with Crippen molar-refractivity contribution in [3.05, 3.63) is 24.3 Å². The third-order valence-corrected chi connectivity index (χ3v) is 7.50. The Kier molecular flexibility index (Phi) is 6.57. The molecule has 31 heavy (non-hydrogen) atoms. The van der Waals surface area contributed by atoms with Crippen LogP contribution in [0.4, 0.5) is 5.69 Å². The molecule has 2 N–H and O–H groups in total. The van der Waals surface area contributed by atoms with Crippen molar-refractivity contribution >= 4 is 33.4 Å². The van der Waals surface area contributed by atoms with E-state index < -0.39 is 33.4 Å². The van der Waals surface area contributed by atoms with Gasteiger partial charge in [0, 0.05) is 11.5 Å². The van der Waals surface area contributed by atoms with Crippen LogP contribution in [0.5, 0.6) is 0 Å². The first-order valence-electron chi connectivity index (χ1n) is 10.8. The molecule has 1 aliphatic carbocycles. The maximum Gasteiger partial charge on any atom is 0.257 e. The zero-order valence-corrected chi connectivity index (χ0v) is 19.2. The van der Waals surface area contributed by atoms with E-state index in [9.17, 15) is 22.8 Å². The molecule has 170 valence electrons. The number of imide groups is 1. The summed E-state index contributed by atoms with van der Waals surface area (Å²) < 4.78 is 23.0. The number of primary sulfonamides is 1. The van der Waals surface area contributed by atoms with Crippen molar-refractivity contribution in [2.45, 2.75) is 82.2 Å². The normalized spacial score (nSPS) is 20.9. The molecule has 2 fully saturated rings. The molecule has 0 aromatic heterocycles. The molecular weight excluding hydrogens is 418 g/mol. The van der Waals surface area contributed by atoms with Gasteiger partial charge in [-0.25, -0.2) is 18.5 Å². The smallest absolute Gasteiger partial charge is 0.257 e. The minimum absolute atomic E-state index is 0.0517. The van der Waals surface area contributed by atoms with E-state index in [0.29, 0.717) is 6.42 Å². The van der Waals surface area contributed by atoms with Crippen LogP contribution in [0.1, 0.15) is 65.7 Å². The van der Waals surface area contributed by atoms with E-state index in [1.165, 1.54) is 24.3 Å². The van der Waals surface area contributed by atoms with E-state index in [-0.39, 0.29) is 28.8 Å². The molecule has 0 bridgehead atoms. The van der Waals surface area contributed by atoms with Gasteiger partial charge in [0.15, 0.2) is 0 Å². The number of nitrogens with zero attached hydrogens (tertiary/aromatic N) is 2. The standard InChI is InChI=1S/C22H31N3O5S/c1-4-22(2,3)25(20(27)15-8-6-5-7-9-15)18-14-19(26)24(21(18)28)16-10-12-17(13-11-16)31(23,29)30/h10-13,15,18H,4-9,14H2,1-3H3,(H2,23,29,30). The number of sulfonamides is 1. The van der Waals surface area contributed by atoms with Gasteiger partial charge in [0.2, 0.25) is 21.8 Å². The van der Waals surface area contributed by atoms with Gasteiger partial charge >= 0.3 is 0 Å².